The van der Waals surface area contributed by atoms with Gasteiger partial charge in [0, 0.05) is 21.4 Å². The second kappa shape index (κ2) is 8.72. The average Bonchev–Trinajstić information content (AvgIpc) is 3.19. The Morgan fingerprint density at radius 1 is 1.13 bits per heavy atom. The highest BCUT2D eigenvalue weighted by Crippen LogP contribution is 2.47. The molecule has 2 fully saturated rings. The molecule has 1 saturated heterocycles. The molecule has 31 heavy (non-hydrogen) atoms. The van der Waals surface area contributed by atoms with Crippen molar-refractivity contribution in [3.8, 4) is 10.4 Å². The standard InChI is InChI=1S/C22H26N2O5S2/c25-20(24-27)14-22(11-1-2-12-31(22,28)29)19-10-9-18(30-19)16-7-4-8-17(13-16)23-21(26)15-5-3-6-15/h4,7-10,13,15,27H,1-3,5-6,11-12,14H2,(H,23,26)(H,24,25)/t22-/m0/s1. The molecular formula is C22H26N2O5S2. The lowest BCUT2D eigenvalue weighted by atomic mass is 9.85. The number of rotatable bonds is 6. The van der Waals surface area contributed by atoms with E-state index in [2.05, 4.69) is 5.32 Å². The van der Waals surface area contributed by atoms with E-state index in [0.29, 0.717) is 29.8 Å². The highest BCUT2D eigenvalue weighted by atomic mass is 32.2. The third kappa shape index (κ3) is 4.26. The minimum Gasteiger partial charge on any atom is -0.326 e. The van der Waals surface area contributed by atoms with Crippen LogP contribution in [0.1, 0.15) is 49.8 Å². The van der Waals surface area contributed by atoms with Crippen LogP contribution in [0, 0.1) is 5.92 Å². The van der Waals surface area contributed by atoms with Crippen LogP contribution in [-0.4, -0.2) is 31.2 Å². The van der Waals surface area contributed by atoms with Crippen LogP contribution in [0.15, 0.2) is 36.4 Å². The van der Waals surface area contributed by atoms with Gasteiger partial charge in [0.25, 0.3) is 0 Å². The van der Waals surface area contributed by atoms with Gasteiger partial charge in [-0.3, -0.25) is 14.8 Å². The van der Waals surface area contributed by atoms with E-state index in [1.165, 1.54) is 11.3 Å². The number of carbonyl (C=O) groups excluding carboxylic acids is 2. The van der Waals surface area contributed by atoms with Crippen LogP contribution < -0.4 is 10.8 Å². The van der Waals surface area contributed by atoms with Gasteiger partial charge in [-0.2, -0.15) is 0 Å². The fourth-order valence-corrected chi connectivity index (χ4v) is 8.09. The molecule has 2 aliphatic rings. The van der Waals surface area contributed by atoms with E-state index in [1.807, 2.05) is 30.3 Å². The van der Waals surface area contributed by atoms with E-state index in [1.54, 1.807) is 11.5 Å². The van der Waals surface area contributed by atoms with E-state index in [0.717, 1.165) is 29.7 Å². The summed E-state index contributed by atoms with van der Waals surface area (Å²) in [5.74, 6) is -0.550. The summed E-state index contributed by atoms with van der Waals surface area (Å²) in [5.41, 5.74) is 3.17. The molecule has 3 N–H and O–H groups in total. The summed E-state index contributed by atoms with van der Waals surface area (Å²) < 4.78 is 24.8. The zero-order valence-electron chi connectivity index (χ0n) is 17.1. The number of hydrogen-bond acceptors (Lipinski definition) is 6. The van der Waals surface area contributed by atoms with Crippen molar-refractivity contribution in [3.05, 3.63) is 41.3 Å². The highest BCUT2D eigenvalue weighted by molar-refractivity contribution is 7.92. The summed E-state index contributed by atoms with van der Waals surface area (Å²) in [4.78, 5) is 25.7. The number of sulfone groups is 1. The van der Waals surface area contributed by atoms with Gasteiger partial charge in [-0.1, -0.05) is 25.0 Å². The lowest BCUT2D eigenvalue weighted by molar-refractivity contribution is -0.130. The van der Waals surface area contributed by atoms with E-state index < -0.39 is 20.5 Å². The van der Waals surface area contributed by atoms with Crippen molar-refractivity contribution < 1.29 is 23.2 Å². The van der Waals surface area contributed by atoms with E-state index in [-0.39, 0.29) is 24.0 Å². The first kappa shape index (κ1) is 22.0. The molecule has 0 radical (unpaired) electrons. The number of anilines is 1. The SMILES string of the molecule is O=C(C[C@]1(c2ccc(-c3cccc(NC(=O)C4CCC4)c3)s2)CCCCS1(=O)=O)NO. The molecule has 7 nitrogen and oxygen atoms in total. The van der Waals surface area contributed by atoms with Crippen LogP contribution in [0.3, 0.4) is 0 Å². The van der Waals surface area contributed by atoms with Gasteiger partial charge in [0.1, 0.15) is 4.75 Å². The number of hydrogen-bond donors (Lipinski definition) is 3. The summed E-state index contributed by atoms with van der Waals surface area (Å²) in [7, 11) is -3.56. The van der Waals surface area contributed by atoms with Gasteiger partial charge < -0.3 is 5.32 Å². The number of benzene rings is 1. The number of thiophene rings is 1. The number of nitrogens with one attached hydrogen (secondary N) is 2. The molecule has 1 atom stereocenters. The molecule has 9 heteroatoms. The quantitative estimate of drug-likeness (QED) is 0.446. The lowest BCUT2D eigenvalue weighted by Crippen LogP contribution is -2.43. The maximum atomic E-state index is 13.1. The van der Waals surface area contributed by atoms with Crippen molar-refractivity contribution in [1.82, 2.24) is 5.48 Å². The van der Waals surface area contributed by atoms with E-state index in [4.69, 9.17) is 5.21 Å². The highest BCUT2D eigenvalue weighted by Gasteiger charge is 2.49. The molecule has 166 valence electrons. The molecule has 2 amide bonds. The predicted octanol–water partition coefficient (Wildman–Crippen LogP) is 3.84. The Hall–Kier alpha value is -2.23. The second-order valence-corrected chi connectivity index (χ2v) is 11.8. The van der Waals surface area contributed by atoms with Gasteiger partial charge >= 0.3 is 0 Å². The summed E-state index contributed by atoms with van der Waals surface area (Å²) in [6, 6.07) is 11.1. The van der Waals surface area contributed by atoms with E-state index >= 15 is 0 Å². The van der Waals surface area contributed by atoms with Crippen LogP contribution in [0.4, 0.5) is 5.69 Å². The van der Waals surface area contributed by atoms with Crippen molar-refractivity contribution in [3.63, 3.8) is 0 Å². The first-order chi connectivity index (χ1) is 14.8. The molecule has 0 bridgehead atoms. The van der Waals surface area contributed by atoms with Crippen LogP contribution in [0.2, 0.25) is 0 Å². The molecule has 1 aromatic heterocycles. The molecular weight excluding hydrogens is 436 g/mol. The zero-order chi connectivity index (χ0) is 22.1. The van der Waals surface area contributed by atoms with Gasteiger partial charge in [-0.15, -0.1) is 11.3 Å². The zero-order valence-corrected chi connectivity index (χ0v) is 18.7. The van der Waals surface area contributed by atoms with Gasteiger partial charge in [0.15, 0.2) is 9.84 Å². The molecule has 1 aliphatic carbocycles. The number of amides is 2. The maximum Gasteiger partial charge on any atom is 0.245 e. The number of carbonyl (C=O) groups is 2. The smallest absolute Gasteiger partial charge is 0.245 e. The van der Waals surface area contributed by atoms with Crippen molar-refractivity contribution in [1.29, 1.82) is 0 Å². The molecule has 2 heterocycles. The van der Waals surface area contributed by atoms with Crippen molar-refractivity contribution >= 4 is 38.7 Å². The fraction of sp³-hybridized carbons (Fsp3) is 0.455. The minimum absolute atomic E-state index is 0.0294. The fourth-order valence-electron chi connectivity index (χ4n) is 4.32. The second-order valence-electron chi connectivity index (χ2n) is 8.34. The van der Waals surface area contributed by atoms with Crippen LogP contribution in [-0.2, 0) is 24.2 Å². The summed E-state index contributed by atoms with van der Waals surface area (Å²) in [6.07, 6.45) is 4.27. The first-order valence-electron chi connectivity index (χ1n) is 10.5. The molecule has 1 aromatic carbocycles. The maximum absolute atomic E-state index is 13.1. The average molecular weight is 463 g/mol. The third-order valence-corrected chi connectivity index (χ3v) is 10.4. The van der Waals surface area contributed by atoms with Crippen LogP contribution >= 0.6 is 11.3 Å². The molecule has 2 aromatic rings. The van der Waals surface area contributed by atoms with Crippen LogP contribution in [0.5, 0.6) is 0 Å². The predicted molar refractivity (Wildman–Crippen MR) is 120 cm³/mol. The first-order valence-corrected chi connectivity index (χ1v) is 13.0. The Morgan fingerprint density at radius 2 is 1.94 bits per heavy atom. The third-order valence-electron chi connectivity index (χ3n) is 6.36. The van der Waals surface area contributed by atoms with Crippen LogP contribution in [0.25, 0.3) is 10.4 Å². The number of hydroxylamine groups is 1. The topological polar surface area (TPSA) is 113 Å². The molecule has 0 spiro atoms. The van der Waals surface area contributed by atoms with Gasteiger partial charge in [0.2, 0.25) is 11.8 Å². The molecule has 1 aliphatic heterocycles. The summed E-state index contributed by atoms with van der Waals surface area (Å²) >= 11 is 1.34. The van der Waals surface area contributed by atoms with Gasteiger partial charge in [-0.05, 0) is 55.5 Å². The monoisotopic (exact) mass is 462 g/mol. The largest absolute Gasteiger partial charge is 0.326 e. The lowest BCUT2D eigenvalue weighted by Gasteiger charge is -2.35. The van der Waals surface area contributed by atoms with E-state index in [9.17, 15) is 18.0 Å². The van der Waals surface area contributed by atoms with Gasteiger partial charge in [0.05, 0.1) is 12.2 Å². The normalized spacial score (nSPS) is 23.0. The molecule has 4 rings (SSSR count). The van der Waals surface area contributed by atoms with Crippen molar-refractivity contribution in [2.75, 3.05) is 11.1 Å². The Kier molecular flexibility index (Phi) is 6.18. The summed E-state index contributed by atoms with van der Waals surface area (Å²) in [6.45, 7) is 0. The molecule has 1 saturated carbocycles. The summed E-state index contributed by atoms with van der Waals surface area (Å²) in [5, 5.41) is 12.0. The Balaban J connectivity index is 1.64. The Morgan fingerprint density at radius 3 is 2.61 bits per heavy atom. The minimum atomic E-state index is -3.56. The Labute approximate surface area is 185 Å². The van der Waals surface area contributed by atoms with Crippen molar-refractivity contribution in [2.24, 2.45) is 5.92 Å². The molecule has 0 unspecified atom stereocenters. The van der Waals surface area contributed by atoms with Crippen molar-refractivity contribution in [2.45, 2.75) is 49.7 Å². The van der Waals surface area contributed by atoms with Gasteiger partial charge in [-0.25, -0.2) is 13.9 Å². The Bertz CT molecular complexity index is 1090.